The fraction of sp³-hybridized carbons (Fsp3) is 0. The molecular formula is C37H23N3OS. The molecule has 2 heterocycles. The number of para-hydroxylation sites is 1. The van der Waals surface area contributed by atoms with Crippen LogP contribution in [-0.2, 0) is 0 Å². The number of phenolic OH excluding ortho intramolecular Hbond substituents is 1. The van der Waals surface area contributed by atoms with Gasteiger partial charge < -0.3 is 5.11 Å². The van der Waals surface area contributed by atoms with Crippen molar-refractivity contribution in [1.82, 2.24) is 15.0 Å². The first-order valence-electron chi connectivity index (χ1n) is 15.4. The first kappa shape index (κ1) is 20.5. The van der Waals surface area contributed by atoms with Crippen LogP contribution in [0.15, 0.2) is 133 Å². The Kier molecular flexibility index (Phi) is 4.83. The third-order valence-electron chi connectivity index (χ3n) is 7.38. The number of nitrogens with zero attached hydrogens (tertiary/aromatic N) is 3. The van der Waals surface area contributed by atoms with Crippen LogP contribution in [0.3, 0.4) is 0 Å². The van der Waals surface area contributed by atoms with Crippen molar-refractivity contribution in [1.29, 1.82) is 0 Å². The van der Waals surface area contributed by atoms with Crippen molar-refractivity contribution >= 4 is 42.3 Å². The van der Waals surface area contributed by atoms with Crippen LogP contribution in [0.5, 0.6) is 5.75 Å². The third-order valence-corrected chi connectivity index (χ3v) is 8.58. The van der Waals surface area contributed by atoms with E-state index >= 15 is 0 Å². The maximum absolute atomic E-state index is 10.9. The summed E-state index contributed by atoms with van der Waals surface area (Å²) >= 11 is 1.49. The van der Waals surface area contributed by atoms with Gasteiger partial charge in [-0.25, -0.2) is 15.0 Å². The first-order chi connectivity index (χ1) is 22.4. The molecule has 0 aliphatic carbocycles. The molecular weight excluding hydrogens is 534 g/mol. The highest BCUT2D eigenvalue weighted by Crippen LogP contribution is 2.45. The molecule has 2 aromatic heterocycles. The molecule has 0 aliphatic rings. The maximum Gasteiger partial charge on any atom is 0.164 e. The summed E-state index contributed by atoms with van der Waals surface area (Å²) in [7, 11) is 0. The van der Waals surface area contributed by atoms with Gasteiger partial charge in [0.05, 0.1) is 5.48 Å². The highest BCUT2D eigenvalue weighted by molar-refractivity contribution is 7.26. The Morgan fingerprint density at radius 2 is 1.29 bits per heavy atom. The second-order valence-electron chi connectivity index (χ2n) is 9.92. The molecule has 42 heavy (non-hydrogen) atoms. The second kappa shape index (κ2) is 9.91. The zero-order valence-electron chi connectivity index (χ0n) is 26.1. The Labute approximate surface area is 251 Å². The number of phenols is 1. The molecule has 198 valence electrons. The Hall–Kier alpha value is -5.39. The summed E-state index contributed by atoms with van der Waals surface area (Å²) in [6.45, 7) is 0. The number of hydrogen-bond donors (Lipinski definition) is 1. The molecule has 1 N–H and O–H groups in total. The number of hydrogen-bond acceptors (Lipinski definition) is 5. The van der Waals surface area contributed by atoms with E-state index in [4.69, 9.17) is 20.4 Å². The zero-order valence-corrected chi connectivity index (χ0v) is 22.9. The summed E-state index contributed by atoms with van der Waals surface area (Å²) in [6, 6.07) is 34.1. The standard InChI is InChI=1S/C37H23N3OS/c41-31-18-7-6-14-27(31)28-15-8-16-29-33-30(17-9-19-32(33)42-34(28)29)37-39-35(24-11-2-1-3-12-24)38-36(40-37)26-21-20-23-10-4-5-13-25(23)22-26/h1-22,41H/i6D,7D,14D,18D. The van der Waals surface area contributed by atoms with E-state index in [2.05, 4.69) is 24.3 Å². The van der Waals surface area contributed by atoms with Crippen molar-refractivity contribution in [3.63, 3.8) is 0 Å². The molecule has 0 radical (unpaired) electrons. The molecule has 0 atom stereocenters. The van der Waals surface area contributed by atoms with Crippen molar-refractivity contribution < 1.29 is 10.6 Å². The number of rotatable bonds is 4. The van der Waals surface area contributed by atoms with Crippen LogP contribution in [0.25, 0.3) is 76.2 Å². The Morgan fingerprint density at radius 1 is 0.571 bits per heavy atom. The molecule has 5 heteroatoms. The van der Waals surface area contributed by atoms with E-state index in [1.165, 1.54) is 11.3 Å². The van der Waals surface area contributed by atoms with E-state index in [0.29, 0.717) is 23.0 Å². The number of aromatic nitrogens is 3. The summed E-state index contributed by atoms with van der Waals surface area (Å²) in [5.41, 5.74) is 3.16. The zero-order chi connectivity index (χ0) is 31.5. The number of fused-ring (bicyclic) bond motifs is 4. The van der Waals surface area contributed by atoms with Gasteiger partial charge in [-0.05, 0) is 28.9 Å². The van der Waals surface area contributed by atoms with Gasteiger partial charge in [0.1, 0.15) is 5.75 Å². The molecule has 0 amide bonds. The predicted molar refractivity (Wildman–Crippen MR) is 174 cm³/mol. The van der Waals surface area contributed by atoms with E-state index in [1.54, 1.807) is 6.07 Å². The third kappa shape index (κ3) is 4.10. The van der Waals surface area contributed by atoms with Gasteiger partial charge in [0.15, 0.2) is 17.5 Å². The lowest BCUT2D eigenvalue weighted by molar-refractivity contribution is 0.477. The van der Waals surface area contributed by atoms with Crippen LogP contribution < -0.4 is 0 Å². The number of thiophene rings is 1. The maximum atomic E-state index is 10.9. The number of benzene rings is 6. The van der Waals surface area contributed by atoms with Crippen molar-refractivity contribution in [2.75, 3.05) is 0 Å². The average Bonchev–Trinajstić information content (AvgIpc) is 3.50. The minimum Gasteiger partial charge on any atom is -0.507 e. The quantitative estimate of drug-likeness (QED) is 0.232. The largest absolute Gasteiger partial charge is 0.507 e. The van der Waals surface area contributed by atoms with Crippen LogP contribution in [0, 0.1) is 0 Å². The molecule has 0 bridgehead atoms. The van der Waals surface area contributed by atoms with E-state index in [9.17, 15) is 5.11 Å². The Balaban J connectivity index is 1.39. The lowest BCUT2D eigenvalue weighted by Crippen LogP contribution is -2.00. The van der Waals surface area contributed by atoms with Crippen molar-refractivity contribution in [3.05, 3.63) is 133 Å². The van der Waals surface area contributed by atoms with Crippen LogP contribution in [-0.4, -0.2) is 20.1 Å². The molecule has 8 rings (SSSR count). The predicted octanol–water partition coefficient (Wildman–Crippen LogP) is 9.77. The molecule has 8 aromatic rings. The Bertz CT molecular complexity index is 2470. The molecule has 0 saturated heterocycles. The van der Waals surface area contributed by atoms with Gasteiger partial charge >= 0.3 is 0 Å². The van der Waals surface area contributed by atoms with Gasteiger partial charge in [-0.3, -0.25) is 0 Å². The highest BCUT2D eigenvalue weighted by atomic mass is 32.1. The van der Waals surface area contributed by atoms with Crippen molar-refractivity contribution in [2.45, 2.75) is 0 Å². The van der Waals surface area contributed by atoms with Crippen molar-refractivity contribution in [2.24, 2.45) is 0 Å². The molecule has 0 saturated carbocycles. The lowest BCUT2D eigenvalue weighted by Gasteiger charge is -2.10. The van der Waals surface area contributed by atoms with Gasteiger partial charge in [0.2, 0.25) is 0 Å². The SMILES string of the molecule is [2H]c1c([2H])c([2H])c(-c2cccc3c2sc2cccc(-c4nc(-c5ccccc5)nc(-c5ccc6ccccc6c5)n4)c23)c(O)c1[2H]. The lowest BCUT2D eigenvalue weighted by atomic mass is 10.00. The summed E-state index contributed by atoms with van der Waals surface area (Å²) < 4.78 is 34.7. The molecule has 0 aliphatic heterocycles. The fourth-order valence-corrected chi connectivity index (χ4v) is 6.65. The average molecular weight is 562 g/mol. The van der Waals surface area contributed by atoms with Crippen molar-refractivity contribution in [3.8, 4) is 51.0 Å². The van der Waals surface area contributed by atoms with Gasteiger partial charge in [-0.2, -0.15) is 0 Å². The molecule has 0 unspecified atom stereocenters. The second-order valence-corrected chi connectivity index (χ2v) is 11.0. The first-order valence-corrected chi connectivity index (χ1v) is 14.3. The minimum absolute atomic E-state index is 0.0785. The smallest absolute Gasteiger partial charge is 0.164 e. The van der Waals surface area contributed by atoms with Crippen LogP contribution >= 0.6 is 11.3 Å². The summed E-state index contributed by atoms with van der Waals surface area (Å²) in [6.07, 6.45) is 0. The summed E-state index contributed by atoms with van der Waals surface area (Å²) in [5.74, 6) is 1.14. The van der Waals surface area contributed by atoms with E-state index in [1.807, 2.05) is 78.9 Å². The van der Waals surface area contributed by atoms with Crippen LogP contribution in [0.2, 0.25) is 0 Å². The number of aromatic hydroxyl groups is 1. The normalized spacial score (nSPS) is 12.8. The minimum atomic E-state index is -0.471. The summed E-state index contributed by atoms with van der Waals surface area (Å²) in [4.78, 5) is 14.9. The van der Waals surface area contributed by atoms with Crippen LogP contribution in [0.1, 0.15) is 5.48 Å². The van der Waals surface area contributed by atoms with E-state index in [-0.39, 0.29) is 11.6 Å². The molecule has 0 fully saturated rings. The van der Waals surface area contributed by atoms with Crippen LogP contribution in [0.4, 0.5) is 0 Å². The molecule has 0 spiro atoms. The van der Waals surface area contributed by atoms with Gasteiger partial charge in [-0.1, -0.05) is 115 Å². The van der Waals surface area contributed by atoms with Gasteiger partial charge in [0, 0.05) is 48.0 Å². The topological polar surface area (TPSA) is 58.9 Å². The Morgan fingerprint density at radius 3 is 2.17 bits per heavy atom. The molecule has 4 nitrogen and oxygen atoms in total. The van der Waals surface area contributed by atoms with E-state index < -0.39 is 23.9 Å². The molecule has 6 aromatic carbocycles. The highest BCUT2D eigenvalue weighted by Gasteiger charge is 2.19. The van der Waals surface area contributed by atoms with Gasteiger partial charge in [0.25, 0.3) is 0 Å². The summed E-state index contributed by atoms with van der Waals surface area (Å²) in [5, 5.41) is 14.9. The monoisotopic (exact) mass is 561 g/mol. The van der Waals surface area contributed by atoms with E-state index in [0.717, 1.165) is 47.6 Å². The fourth-order valence-electron chi connectivity index (χ4n) is 5.40. The van der Waals surface area contributed by atoms with Gasteiger partial charge in [-0.15, -0.1) is 11.3 Å².